The Morgan fingerprint density at radius 2 is 1.95 bits per heavy atom. The molecule has 0 aliphatic carbocycles. The molecule has 1 aromatic carbocycles. The first-order valence-corrected chi connectivity index (χ1v) is 8.30. The molecule has 1 saturated heterocycles. The normalized spacial score (nSPS) is 17.2. The van der Waals surface area contributed by atoms with E-state index < -0.39 is 0 Å². The third kappa shape index (κ3) is 2.46. The minimum absolute atomic E-state index is 0.169. The standard InChI is InChI=1S/C17H18N2O2S/c1-3-9-19-16(20)15(22-17(19)21)10-12-11-18(4-2)14-8-6-5-7-13(12)14/h5-8,10-11H,3-4,9H2,1-2H3/b15-10-. The van der Waals surface area contributed by atoms with Crippen LogP contribution in [0.1, 0.15) is 25.8 Å². The van der Waals surface area contributed by atoms with Crippen LogP contribution in [0, 0.1) is 0 Å². The van der Waals surface area contributed by atoms with Gasteiger partial charge in [0.2, 0.25) is 0 Å². The van der Waals surface area contributed by atoms with Gasteiger partial charge < -0.3 is 4.57 Å². The van der Waals surface area contributed by atoms with Gasteiger partial charge in [0.1, 0.15) is 0 Å². The summed E-state index contributed by atoms with van der Waals surface area (Å²) in [6.45, 7) is 5.40. The first-order chi connectivity index (χ1) is 10.7. The fourth-order valence-electron chi connectivity index (χ4n) is 2.71. The highest BCUT2D eigenvalue weighted by Gasteiger charge is 2.34. The Morgan fingerprint density at radius 1 is 1.18 bits per heavy atom. The first kappa shape index (κ1) is 14.9. The summed E-state index contributed by atoms with van der Waals surface area (Å²) in [5, 5.41) is 0.934. The number of aromatic nitrogens is 1. The number of amides is 2. The number of carbonyl (C=O) groups is 2. The van der Waals surface area contributed by atoms with Crippen molar-refractivity contribution in [1.82, 2.24) is 9.47 Å². The molecule has 5 heteroatoms. The Balaban J connectivity index is 2.03. The van der Waals surface area contributed by atoms with Gasteiger partial charge >= 0.3 is 0 Å². The molecule has 2 aromatic rings. The second-order valence-electron chi connectivity index (χ2n) is 5.22. The zero-order valence-corrected chi connectivity index (χ0v) is 13.5. The Hall–Kier alpha value is -2.01. The van der Waals surface area contributed by atoms with Crippen molar-refractivity contribution in [1.29, 1.82) is 0 Å². The van der Waals surface area contributed by atoms with Crippen LogP contribution in [0.15, 0.2) is 35.4 Å². The van der Waals surface area contributed by atoms with Crippen LogP contribution in [0.5, 0.6) is 0 Å². The lowest BCUT2D eigenvalue weighted by Gasteiger charge is -2.09. The second kappa shape index (κ2) is 6.01. The van der Waals surface area contributed by atoms with Crippen molar-refractivity contribution in [2.75, 3.05) is 6.54 Å². The molecule has 4 nitrogen and oxygen atoms in total. The quantitative estimate of drug-likeness (QED) is 0.798. The van der Waals surface area contributed by atoms with E-state index in [1.807, 2.05) is 37.4 Å². The molecule has 1 aliphatic heterocycles. The maximum Gasteiger partial charge on any atom is 0.293 e. The summed E-state index contributed by atoms with van der Waals surface area (Å²) in [5.41, 5.74) is 2.13. The second-order valence-corrected chi connectivity index (χ2v) is 6.21. The van der Waals surface area contributed by atoms with Gasteiger partial charge in [-0.1, -0.05) is 25.1 Å². The number of benzene rings is 1. The molecule has 0 bridgehead atoms. The van der Waals surface area contributed by atoms with E-state index in [4.69, 9.17) is 0 Å². The molecule has 0 N–H and O–H groups in total. The van der Waals surface area contributed by atoms with E-state index in [0.717, 1.165) is 41.2 Å². The number of para-hydroxylation sites is 1. The van der Waals surface area contributed by atoms with Crippen LogP contribution in [0.4, 0.5) is 4.79 Å². The largest absolute Gasteiger partial charge is 0.347 e. The molecular formula is C17H18N2O2S. The summed E-state index contributed by atoms with van der Waals surface area (Å²) in [5.74, 6) is -0.176. The maximum atomic E-state index is 12.3. The summed E-state index contributed by atoms with van der Waals surface area (Å²) in [6.07, 6.45) is 4.66. The fraction of sp³-hybridized carbons (Fsp3) is 0.294. The van der Waals surface area contributed by atoms with E-state index in [1.165, 1.54) is 4.90 Å². The monoisotopic (exact) mass is 314 g/mol. The van der Waals surface area contributed by atoms with Crippen LogP contribution in [0.2, 0.25) is 0 Å². The number of imide groups is 1. The molecule has 1 aromatic heterocycles. The van der Waals surface area contributed by atoms with Crippen molar-refractivity contribution < 1.29 is 9.59 Å². The molecule has 0 unspecified atom stereocenters. The van der Waals surface area contributed by atoms with Crippen molar-refractivity contribution >= 4 is 39.9 Å². The van der Waals surface area contributed by atoms with Crippen LogP contribution >= 0.6 is 11.8 Å². The summed E-state index contributed by atoms with van der Waals surface area (Å²) < 4.78 is 2.15. The highest BCUT2D eigenvalue weighted by atomic mass is 32.2. The predicted molar refractivity (Wildman–Crippen MR) is 90.6 cm³/mol. The van der Waals surface area contributed by atoms with Gasteiger partial charge in [-0.25, -0.2) is 0 Å². The van der Waals surface area contributed by atoms with Gasteiger partial charge in [0.15, 0.2) is 0 Å². The molecule has 0 spiro atoms. The smallest absolute Gasteiger partial charge is 0.293 e. The van der Waals surface area contributed by atoms with Gasteiger partial charge in [0.25, 0.3) is 11.1 Å². The van der Waals surface area contributed by atoms with E-state index >= 15 is 0 Å². The topological polar surface area (TPSA) is 42.3 Å². The first-order valence-electron chi connectivity index (χ1n) is 7.49. The highest BCUT2D eigenvalue weighted by Crippen LogP contribution is 2.34. The van der Waals surface area contributed by atoms with E-state index in [1.54, 1.807) is 0 Å². The van der Waals surface area contributed by atoms with Gasteiger partial charge in [-0.05, 0) is 37.2 Å². The van der Waals surface area contributed by atoms with Crippen LogP contribution in [-0.4, -0.2) is 27.2 Å². The van der Waals surface area contributed by atoms with Gasteiger partial charge in [-0.3, -0.25) is 14.5 Å². The summed E-state index contributed by atoms with van der Waals surface area (Å²) in [6, 6.07) is 8.11. The Kier molecular flexibility index (Phi) is 4.07. The van der Waals surface area contributed by atoms with E-state index in [-0.39, 0.29) is 11.1 Å². The third-order valence-electron chi connectivity index (χ3n) is 3.77. The SMILES string of the molecule is CCCN1C(=O)S/C(=C\c2cn(CC)c3ccccc23)C1=O. The molecule has 2 amide bonds. The molecule has 2 heterocycles. The van der Waals surface area contributed by atoms with E-state index in [2.05, 4.69) is 17.6 Å². The van der Waals surface area contributed by atoms with E-state index in [9.17, 15) is 9.59 Å². The van der Waals surface area contributed by atoms with Crippen molar-refractivity contribution in [2.24, 2.45) is 0 Å². The number of hydrogen-bond acceptors (Lipinski definition) is 3. The number of rotatable bonds is 4. The Bertz CT molecular complexity index is 776. The molecule has 3 rings (SSSR count). The molecule has 114 valence electrons. The van der Waals surface area contributed by atoms with Crippen LogP contribution in [0.3, 0.4) is 0 Å². The Morgan fingerprint density at radius 3 is 2.68 bits per heavy atom. The number of carbonyl (C=O) groups excluding carboxylic acids is 2. The molecule has 22 heavy (non-hydrogen) atoms. The molecule has 0 saturated carbocycles. The molecule has 1 fully saturated rings. The highest BCUT2D eigenvalue weighted by molar-refractivity contribution is 8.18. The molecule has 0 atom stereocenters. The number of hydrogen-bond donors (Lipinski definition) is 0. The van der Waals surface area contributed by atoms with E-state index in [0.29, 0.717) is 11.4 Å². The van der Waals surface area contributed by atoms with Crippen LogP contribution in [-0.2, 0) is 11.3 Å². The predicted octanol–water partition coefficient (Wildman–Crippen LogP) is 4.11. The number of nitrogens with zero attached hydrogens (tertiary/aromatic N) is 2. The third-order valence-corrected chi connectivity index (χ3v) is 4.67. The fourth-order valence-corrected chi connectivity index (χ4v) is 3.57. The Labute approximate surface area is 133 Å². The van der Waals surface area contributed by atoms with Crippen LogP contribution in [0.25, 0.3) is 17.0 Å². The van der Waals surface area contributed by atoms with Gasteiger partial charge in [0, 0.05) is 35.8 Å². The number of fused-ring (bicyclic) bond motifs is 1. The lowest BCUT2D eigenvalue weighted by molar-refractivity contribution is -0.122. The molecular weight excluding hydrogens is 296 g/mol. The molecule has 0 radical (unpaired) electrons. The minimum atomic E-state index is -0.176. The minimum Gasteiger partial charge on any atom is -0.347 e. The zero-order chi connectivity index (χ0) is 15.7. The average molecular weight is 314 g/mol. The van der Waals surface area contributed by atoms with Gasteiger partial charge in [-0.2, -0.15) is 0 Å². The average Bonchev–Trinajstić information content (AvgIpc) is 3.01. The van der Waals surface area contributed by atoms with Crippen molar-refractivity contribution in [3.8, 4) is 0 Å². The van der Waals surface area contributed by atoms with Crippen molar-refractivity contribution in [3.05, 3.63) is 40.9 Å². The maximum absolute atomic E-state index is 12.3. The van der Waals surface area contributed by atoms with Crippen molar-refractivity contribution in [2.45, 2.75) is 26.8 Å². The lowest BCUT2D eigenvalue weighted by Crippen LogP contribution is -2.28. The van der Waals surface area contributed by atoms with Crippen LogP contribution < -0.4 is 0 Å². The van der Waals surface area contributed by atoms with Gasteiger partial charge in [0.05, 0.1) is 4.91 Å². The lowest BCUT2D eigenvalue weighted by atomic mass is 10.1. The number of thioether (sulfide) groups is 1. The molecule has 1 aliphatic rings. The summed E-state index contributed by atoms with van der Waals surface area (Å²) >= 11 is 1.03. The zero-order valence-electron chi connectivity index (χ0n) is 12.7. The summed E-state index contributed by atoms with van der Waals surface area (Å²) in [4.78, 5) is 26.1. The van der Waals surface area contributed by atoms with Crippen molar-refractivity contribution in [3.63, 3.8) is 0 Å². The number of aryl methyl sites for hydroxylation is 1. The summed E-state index contributed by atoms with van der Waals surface area (Å²) in [7, 11) is 0. The van der Waals surface area contributed by atoms with Gasteiger partial charge in [-0.15, -0.1) is 0 Å².